The van der Waals surface area contributed by atoms with Gasteiger partial charge in [-0.15, -0.1) is 10.2 Å². The number of nitrogens with one attached hydrogen (secondary N) is 1. The average molecular weight is 417 g/mol. The Morgan fingerprint density at radius 3 is 2.67 bits per heavy atom. The van der Waals surface area contributed by atoms with Gasteiger partial charge in [0.15, 0.2) is 5.16 Å². The first kappa shape index (κ1) is 20.2. The van der Waals surface area contributed by atoms with E-state index in [4.69, 9.17) is 0 Å². The van der Waals surface area contributed by atoms with Crippen molar-refractivity contribution in [2.45, 2.75) is 32.0 Å². The Morgan fingerprint density at radius 2 is 1.87 bits per heavy atom. The molecule has 152 valence electrons. The molecule has 0 aliphatic rings. The van der Waals surface area contributed by atoms with E-state index in [1.165, 1.54) is 28.1 Å². The maximum absolute atomic E-state index is 12.6. The first-order valence-corrected chi connectivity index (χ1v) is 10.9. The smallest absolute Gasteiger partial charge is 0.230 e. The molecule has 0 saturated heterocycles. The van der Waals surface area contributed by atoms with Crippen molar-refractivity contribution in [3.63, 3.8) is 0 Å². The van der Waals surface area contributed by atoms with Crippen molar-refractivity contribution in [2.75, 3.05) is 5.75 Å². The molecular weight excluding hydrogens is 392 g/mol. The molecule has 30 heavy (non-hydrogen) atoms. The maximum Gasteiger partial charge on any atom is 0.230 e. The molecule has 6 heteroatoms. The fourth-order valence-corrected chi connectivity index (χ4v) is 4.27. The zero-order chi connectivity index (χ0) is 21.1. The lowest BCUT2D eigenvalue weighted by Gasteiger charge is -2.15. The average Bonchev–Trinajstić information content (AvgIpc) is 3.20. The number of hydrogen-bond acceptors (Lipinski definition) is 4. The van der Waals surface area contributed by atoms with Crippen LogP contribution < -0.4 is 5.32 Å². The molecule has 0 aliphatic carbocycles. The van der Waals surface area contributed by atoms with Crippen LogP contribution in [-0.2, 0) is 4.79 Å². The Balaban J connectivity index is 1.41. The highest BCUT2D eigenvalue weighted by Gasteiger charge is 2.14. The number of nitrogens with zero attached hydrogens (tertiary/aromatic N) is 3. The predicted octanol–water partition coefficient (Wildman–Crippen LogP) is 5.01. The highest BCUT2D eigenvalue weighted by atomic mass is 32.2. The van der Waals surface area contributed by atoms with E-state index in [0.717, 1.165) is 16.8 Å². The molecular formula is C24H24N4OS. The molecule has 1 heterocycles. The van der Waals surface area contributed by atoms with Crippen LogP contribution in [0.4, 0.5) is 0 Å². The molecule has 4 rings (SSSR count). The standard InChI is InChI=1S/C24H24N4OS/c1-16-8-11-22(17(2)12-16)28-15-25-27-24(28)30-14-23(29)26-18(3)20-10-9-19-6-4-5-7-21(19)13-20/h4-13,15,18H,14H2,1-3H3,(H,26,29). The third-order valence-electron chi connectivity index (χ3n) is 5.11. The Hall–Kier alpha value is -3.12. The number of thioether (sulfide) groups is 1. The summed E-state index contributed by atoms with van der Waals surface area (Å²) in [6, 6.07) is 20.7. The van der Waals surface area contributed by atoms with E-state index < -0.39 is 0 Å². The number of hydrogen-bond donors (Lipinski definition) is 1. The van der Waals surface area contributed by atoms with Gasteiger partial charge in [0.05, 0.1) is 17.5 Å². The van der Waals surface area contributed by atoms with Crippen molar-refractivity contribution in [3.05, 3.63) is 83.7 Å². The lowest BCUT2D eigenvalue weighted by Crippen LogP contribution is -2.28. The first-order chi connectivity index (χ1) is 14.5. The number of benzene rings is 3. The summed E-state index contributed by atoms with van der Waals surface area (Å²) < 4.78 is 1.93. The van der Waals surface area contributed by atoms with Crippen LogP contribution in [0.5, 0.6) is 0 Å². The number of rotatable bonds is 6. The Morgan fingerprint density at radius 1 is 1.07 bits per heavy atom. The van der Waals surface area contributed by atoms with Crippen molar-refractivity contribution in [2.24, 2.45) is 0 Å². The van der Waals surface area contributed by atoms with Crippen molar-refractivity contribution in [1.82, 2.24) is 20.1 Å². The maximum atomic E-state index is 12.6. The predicted molar refractivity (Wildman–Crippen MR) is 122 cm³/mol. The molecule has 0 fully saturated rings. The summed E-state index contributed by atoms with van der Waals surface area (Å²) in [5.74, 6) is 0.248. The molecule has 5 nitrogen and oxygen atoms in total. The van der Waals surface area contributed by atoms with Gasteiger partial charge in [0, 0.05) is 0 Å². The largest absolute Gasteiger partial charge is 0.349 e. The van der Waals surface area contributed by atoms with E-state index in [0.29, 0.717) is 5.16 Å². The van der Waals surface area contributed by atoms with Gasteiger partial charge < -0.3 is 5.32 Å². The number of carbonyl (C=O) groups is 1. The van der Waals surface area contributed by atoms with Crippen molar-refractivity contribution in [3.8, 4) is 5.69 Å². The zero-order valence-corrected chi connectivity index (χ0v) is 18.1. The van der Waals surface area contributed by atoms with Gasteiger partial charge in [-0.2, -0.15) is 0 Å². The molecule has 0 saturated carbocycles. The van der Waals surface area contributed by atoms with Crippen LogP contribution in [0.25, 0.3) is 16.5 Å². The fraction of sp³-hybridized carbons (Fsp3) is 0.208. The van der Waals surface area contributed by atoms with Crippen molar-refractivity contribution < 1.29 is 4.79 Å². The molecule has 1 aromatic heterocycles. The van der Waals surface area contributed by atoms with Crippen LogP contribution in [0.1, 0.15) is 29.7 Å². The summed E-state index contributed by atoms with van der Waals surface area (Å²) in [4.78, 5) is 12.6. The third-order valence-corrected chi connectivity index (χ3v) is 6.05. The van der Waals surface area contributed by atoms with Gasteiger partial charge in [-0.05, 0) is 54.8 Å². The quantitative estimate of drug-likeness (QED) is 0.449. The van der Waals surface area contributed by atoms with Gasteiger partial charge in [0.1, 0.15) is 6.33 Å². The molecule has 0 radical (unpaired) electrons. The second-order valence-corrected chi connectivity index (χ2v) is 8.40. The second kappa shape index (κ2) is 8.71. The second-order valence-electron chi connectivity index (χ2n) is 7.46. The van der Waals surface area contributed by atoms with Gasteiger partial charge in [-0.25, -0.2) is 0 Å². The minimum absolute atomic E-state index is 0.0316. The Bertz CT molecular complexity index is 1200. The van der Waals surface area contributed by atoms with Gasteiger partial charge in [0.2, 0.25) is 5.91 Å². The Kier molecular flexibility index (Phi) is 5.86. The lowest BCUT2D eigenvalue weighted by molar-refractivity contribution is -0.119. The van der Waals surface area contributed by atoms with Gasteiger partial charge in [0.25, 0.3) is 0 Å². The highest BCUT2D eigenvalue weighted by Crippen LogP contribution is 2.23. The molecule has 4 aromatic rings. The number of aromatic nitrogens is 3. The summed E-state index contributed by atoms with van der Waals surface area (Å²) in [5.41, 5.74) is 4.47. The molecule has 0 bridgehead atoms. The fourth-order valence-electron chi connectivity index (χ4n) is 3.54. The van der Waals surface area contributed by atoms with Crippen molar-refractivity contribution >= 4 is 28.4 Å². The van der Waals surface area contributed by atoms with Crippen LogP contribution in [0.15, 0.2) is 72.1 Å². The summed E-state index contributed by atoms with van der Waals surface area (Å²) in [5, 5.41) is 14.4. The molecule has 1 unspecified atom stereocenters. The lowest BCUT2D eigenvalue weighted by atomic mass is 10.0. The highest BCUT2D eigenvalue weighted by molar-refractivity contribution is 7.99. The van der Waals surface area contributed by atoms with E-state index in [1.54, 1.807) is 6.33 Å². The van der Waals surface area contributed by atoms with Crippen LogP contribution in [-0.4, -0.2) is 26.4 Å². The summed E-state index contributed by atoms with van der Waals surface area (Å²) in [6.07, 6.45) is 1.69. The summed E-state index contributed by atoms with van der Waals surface area (Å²) >= 11 is 1.39. The molecule has 0 spiro atoms. The van der Waals surface area contributed by atoms with Crippen LogP contribution in [0.2, 0.25) is 0 Å². The summed E-state index contributed by atoms with van der Waals surface area (Å²) in [7, 11) is 0. The Labute approximate surface area is 180 Å². The van der Waals surface area contributed by atoms with Crippen LogP contribution >= 0.6 is 11.8 Å². The van der Waals surface area contributed by atoms with Gasteiger partial charge in [-0.1, -0.05) is 65.9 Å². The van der Waals surface area contributed by atoms with Crippen molar-refractivity contribution in [1.29, 1.82) is 0 Å². The first-order valence-electron chi connectivity index (χ1n) is 9.90. The SMILES string of the molecule is Cc1ccc(-n2cnnc2SCC(=O)NC(C)c2ccc3ccccc3c2)c(C)c1. The molecule has 0 aliphatic heterocycles. The zero-order valence-electron chi connectivity index (χ0n) is 17.3. The minimum Gasteiger partial charge on any atom is -0.349 e. The van der Waals surface area contributed by atoms with E-state index in [1.807, 2.05) is 23.6 Å². The normalized spacial score (nSPS) is 12.1. The number of carbonyl (C=O) groups excluding carboxylic acids is 1. The molecule has 1 N–H and O–H groups in total. The van der Waals surface area contributed by atoms with Crippen LogP contribution in [0.3, 0.4) is 0 Å². The number of fused-ring (bicyclic) bond motifs is 1. The van der Waals surface area contributed by atoms with Gasteiger partial charge >= 0.3 is 0 Å². The minimum atomic E-state index is -0.0695. The third kappa shape index (κ3) is 4.39. The topological polar surface area (TPSA) is 59.8 Å². The number of amides is 1. The summed E-state index contributed by atoms with van der Waals surface area (Å²) in [6.45, 7) is 6.14. The molecule has 1 atom stereocenters. The van der Waals surface area contributed by atoms with Crippen LogP contribution in [0, 0.1) is 13.8 Å². The monoisotopic (exact) mass is 416 g/mol. The van der Waals surface area contributed by atoms with E-state index in [2.05, 4.69) is 77.9 Å². The van der Waals surface area contributed by atoms with E-state index in [-0.39, 0.29) is 17.7 Å². The molecule has 3 aromatic carbocycles. The van der Waals surface area contributed by atoms with E-state index >= 15 is 0 Å². The van der Waals surface area contributed by atoms with E-state index in [9.17, 15) is 4.79 Å². The molecule has 1 amide bonds. The van der Waals surface area contributed by atoms with Gasteiger partial charge in [-0.3, -0.25) is 9.36 Å². The number of aryl methyl sites for hydroxylation is 2.